The summed E-state index contributed by atoms with van der Waals surface area (Å²) in [6.07, 6.45) is 0. The Labute approximate surface area is 102 Å². The lowest BCUT2D eigenvalue weighted by atomic mass is 10.2. The molecule has 0 aromatic heterocycles. The molecule has 0 radical (unpaired) electrons. The first-order valence-corrected chi connectivity index (χ1v) is 5.21. The molecule has 0 amide bonds. The van der Waals surface area contributed by atoms with Gasteiger partial charge in [0, 0.05) is 11.8 Å². The summed E-state index contributed by atoms with van der Waals surface area (Å²) in [7, 11) is 0. The standard InChI is InChI=1S/C13H10F3NO/c14-9-4-10(15)6-11(5-9)17-13-2-1-8(7-18)3-12(13)16/h1-6,17-18H,7H2. The van der Waals surface area contributed by atoms with E-state index >= 15 is 0 Å². The third-order valence-electron chi connectivity index (χ3n) is 2.36. The third kappa shape index (κ3) is 2.81. The minimum Gasteiger partial charge on any atom is -0.392 e. The molecule has 0 spiro atoms. The first-order chi connectivity index (χ1) is 8.58. The molecule has 2 aromatic rings. The molecule has 0 aliphatic rings. The van der Waals surface area contributed by atoms with Crippen molar-refractivity contribution in [3.05, 3.63) is 59.4 Å². The van der Waals surface area contributed by atoms with Crippen LogP contribution in [-0.2, 0) is 6.61 Å². The molecule has 0 aliphatic heterocycles. The van der Waals surface area contributed by atoms with Crippen LogP contribution in [-0.4, -0.2) is 5.11 Å². The number of benzene rings is 2. The number of hydrogen-bond acceptors (Lipinski definition) is 2. The van der Waals surface area contributed by atoms with Gasteiger partial charge in [-0.05, 0) is 29.8 Å². The van der Waals surface area contributed by atoms with E-state index in [0.717, 1.165) is 24.3 Å². The van der Waals surface area contributed by atoms with Gasteiger partial charge in [0.15, 0.2) is 0 Å². The highest BCUT2D eigenvalue weighted by atomic mass is 19.1. The van der Waals surface area contributed by atoms with Crippen LogP contribution in [0.5, 0.6) is 0 Å². The molecule has 5 heteroatoms. The highest BCUT2D eigenvalue weighted by Gasteiger charge is 2.06. The van der Waals surface area contributed by atoms with Crippen molar-refractivity contribution in [2.24, 2.45) is 0 Å². The van der Waals surface area contributed by atoms with E-state index < -0.39 is 17.5 Å². The van der Waals surface area contributed by atoms with Crippen molar-refractivity contribution in [1.29, 1.82) is 0 Å². The van der Waals surface area contributed by atoms with Crippen molar-refractivity contribution in [2.45, 2.75) is 6.61 Å². The fourth-order valence-electron chi connectivity index (χ4n) is 1.54. The van der Waals surface area contributed by atoms with Crippen LogP contribution in [0.3, 0.4) is 0 Å². The molecule has 2 aromatic carbocycles. The Kier molecular flexibility index (Phi) is 3.53. The molecule has 0 saturated heterocycles. The molecule has 0 heterocycles. The lowest BCUT2D eigenvalue weighted by Gasteiger charge is -2.09. The number of aliphatic hydroxyl groups is 1. The third-order valence-corrected chi connectivity index (χ3v) is 2.36. The van der Waals surface area contributed by atoms with Gasteiger partial charge in [-0.2, -0.15) is 0 Å². The molecule has 0 bridgehead atoms. The van der Waals surface area contributed by atoms with E-state index in [1.54, 1.807) is 0 Å². The predicted octanol–water partition coefficient (Wildman–Crippen LogP) is 3.34. The van der Waals surface area contributed by atoms with Crippen molar-refractivity contribution in [2.75, 3.05) is 5.32 Å². The second-order valence-corrected chi connectivity index (χ2v) is 3.76. The van der Waals surface area contributed by atoms with Crippen molar-refractivity contribution in [1.82, 2.24) is 0 Å². The summed E-state index contributed by atoms with van der Waals surface area (Å²) >= 11 is 0. The van der Waals surface area contributed by atoms with E-state index in [1.807, 2.05) is 0 Å². The Hall–Kier alpha value is -2.01. The molecule has 2 rings (SSSR count). The normalized spacial score (nSPS) is 10.4. The van der Waals surface area contributed by atoms with Gasteiger partial charge in [-0.25, -0.2) is 13.2 Å². The SMILES string of the molecule is OCc1ccc(Nc2cc(F)cc(F)c2)c(F)c1. The summed E-state index contributed by atoms with van der Waals surface area (Å²) in [5, 5.41) is 11.4. The fraction of sp³-hybridized carbons (Fsp3) is 0.0769. The monoisotopic (exact) mass is 253 g/mol. The highest BCUT2D eigenvalue weighted by Crippen LogP contribution is 2.22. The van der Waals surface area contributed by atoms with Gasteiger partial charge in [0.2, 0.25) is 0 Å². The molecular weight excluding hydrogens is 243 g/mol. The van der Waals surface area contributed by atoms with Crippen LogP contribution in [0, 0.1) is 17.5 Å². The Morgan fingerprint density at radius 3 is 2.17 bits per heavy atom. The Balaban J connectivity index is 2.28. The molecule has 94 valence electrons. The quantitative estimate of drug-likeness (QED) is 0.879. The van der Waals surface area contributed by atoms with Gasteiger partial charge >= 0.3 is 0 Å². The van der Waals surface area contributed by atoms with Gasteiger partial charge in [-0.3, -0.25) is 0 Å². The zero-order valence-electron chi connectivity index (χ0n) is 9.25. The van der Waals surface area contributed by atoms with Gasteiger partial charge in [0.25, 0.3) is 0 Å². The first-order valence-electron chi connectivity index (χ1n) is 5.21. The van der Waals surface area contributed by atoms with Gasteiger partial charge in [0.1, 0.15) is 17.5 Å². The van der Waals surface area contributed by atoms with Crippen molar-refractivity contribution < 1.29 is 18.3 Å². The average Bonchev–Trinajstić information content (AvgIpc) is 2.30. The van der Waals surface area contributed by atoms with Crippen molar-refractivity contribution in [3.8, 4) is 0 Å². The molecule has 0 fully saturated rings. The van der Waals surface area contributed by atoms with E-state index in [9.17, 15) is 13.2 Å². The van der Waals surface area contributed by atoms with Crippen LogP contribution in [0.25, 0.3) is 0 Å². The van der Waals surface area contributed by atoms with E-state index in [2.05, 4.69) is 5.32 Å². The number of anilines is 2. The second-order valence-electron chi connectivity index (χ2n) is 3.76. The number of hydrogen-bond donors (Lipinski definition) is 2. The van der Waals surface area contributed by atoms with Gasteiger partial charge < -0.3 is 10.4 Å². The minimum atomic E-state index is -0.745. The van der Waals surface area contributed by atoms with E-state index in [4.69, 9.17) is 5.11 Å². The number of aliphatic hydroxyl groups excluding tert-OH is 1. The maximum Gasteiger partial charge on any atom is 0.146 e. The summed E-state index contributed by atoms with van der Waals surface area (Å²) in [6.45, 7) is -0.272. The molecular formula is C13H10F3NO. The second kappa shape index (κ2) is 5.10. The molecule has 2 N–H and O–H groups in total. The summed E-state index contributed by atoms with van der Waals surface area (Å²) < 4.78 is 39.4. The summed E-state index contributed by atoms with van der Waals surface area (Å²) in [5.41, 5.74) is 0.615. The van der Waals surface area contributed by atoms with E-state index in [0.29, 0.717) is 5.56 Å². The molecule has 2 nitrogen and oxygen atoms in total. The maximum atomic E-state index is 13.6. The summed E-state index contributed by atoms with van der Waals surface area (Å²) in [5.74, 6) is -2.10. The van der Waals surface area contributed by atoms with Crippen LogP contribution in [0.4, 0.5) is 24.5 Å². The molecule has 0 atom stereocenters. The van der Waals surface area contributed by atoms with Crippen LogP contribution in [0.15, 0.2) is 36.4 Å². The number of rotatable bonds is 3. The molecule has 18 heavy (non-hydrogen) atoms. The molecule has 0 aliphatic carbocycles. The zero-order valence-corrected chi connectivity index (χ0v) is 9.25. The van der Waals surface area contributed by atoms with Crippen molar-refractivity contribution >= 4 is 11.4 Å². The zero-order chi connectivity index (χ0) is 13.1. The maximum absolute atomic E-state index is 13.6. The molecule has 0 unspecified atom stereocenters. The summed E-state index contributed by atoms with van der Waals surface area (Å²) in [4.78, 5) is 0. The van der Waals surface area contributed by atoms with E-state index in [-0.39, 0.29) is 18.0 Å². The Morgan fingerprint density at radius 2 is 1.61 bits per heavy atom. The lowest BCUT2D eigenvalue weighted by molar-refractivity contribution is 0.281. The van der Waals surface area contributed by atoms with Crippen LogP contribution >= 0.6 is 0 Å². The van der Waals surface area contributed by atoms with Crippen LogP contribution in [0.2, 0.25) is 0 Å². The fourth-order valence-corrected chi connectivity index (χ4v) is 1.54. The van der Waals surface area contributed by atoms with Crippen LogP contribution in [0.1, 0.15) is 5.56 Å². The lowest BCUT2D eigenvalue weighted by Crippen LogP contribution is -1.96. The number of nitrogens with one attached hydrogen (secondary N) is 1. The van der Waals surface area contributed by atoms with Crippen molar-refractivity contribution in [3.63, 3.8) is 0 Å². The molecule has 0 saturated carbocycles. The van der Waals surface area contributed by atoms with Gasteiger partial charge in [-0.15, -0.1) is 0 Å². The Morgan fingerprint density at radius 1 is 0.944 bits per heavy atom. The highest BCUT2D eigenvalue weighted by molar-refractivity contribution is 5.60. The van der Waals surface area contributed by atoms with E-state index in [1.165, 1.54) is 12.1 Å². The largest absolute Gasteiger partial charge is 0.392 e. The average molecular weight is 253 g/mol. The number of halogens is 3. The smallest absolute Gasteiger partial charge is 0.146 e. The Bertz CT molecular complexity index is 552. The predicted molar refractivity (Wildman–Crippen MR) is 62.0 cm³/mol. The topological polar surface area (TPSA) is 32.3 Å². The van der Waals surface area contributed by atoms with Crippen LogP contribution < -0.4 is 5.32 Å². The van der Waals surface area contributed by atoms with Gasteiger partial charge in [0.05, 0.1) is 12.3 Å². The summed E-state index contributed by atoms with van der Waals surface area (Å²) in [6, 6.07) is 6.91. The van der Waals surface area contributed by atoms with Gasteiger partial charge in [-0.1, -0.05) is 6.07 Å². The first kappa shape index (κ1) is 12.4. The minimum absolute atomic E-state index is 0.0807.